The molecule has 1 aromatic heterocycles. The van der Waals surface area contributed by atoms with Crippen LogP contribution in [-0.2, 0) is 4.79 Å². The highest BCUT2D eigenvalue weighted by molar-refractivity contribution is 6.04. The second kappa shape index (κ2) is 9.04. The molecule has 3 aromatic carbocycles. The van der Waals surface area contributed by atoms with Crippen molar-refractivity contribution in [3.05, 3.63) is 84.6 Å². The van der Waals surface area contributed by atoms with Crippen molar-refractivity contribution in [1.82, 2.24) is 0 Å². The molecule has 1 heterocycles. The minimum atomic E-state index is -0.346. The predicted molar refractivity (Wildman–Crippen MR) is 118 cm³/mol. The van der Waals surface area contributed by atoms with E-state index in [-0.39, 0.29) is 24.2 Å². The fourth-order valence-electron chi connectivity index (χ4n) is 2.94. The van der Waals surface area contributed by atoms with Crippen molar-refractivity contribution in [2.24, 2.45) is 0 Å². The summed E-state index contributed by atoms with van der Waals surface area (Å²) in [6, 6.07) is 22.9. The zero-order valence-electron chi connectivity index (χ0n) is 16.8. The van der Waals surface area contributed by atoms with Gasteiger partial charge in [-0.15, -0.1) is 0 Å². The molecule has 7 heteroatoms. The second-order valence-electron chi connectivity index (χ2n) is 6.69. The lowest BCUT2D eigenvalue weighted by Gasteiger charge is -2.09. The number of fused-ring (bicyclic) bond motifs is 1. The molecular weight excluding hydrogens is 396 g/mol. The van der Waals surface area contributed by atoms with Crippen LogP contribution in [0, 0.1) is 0 Å². The summed E-state index contributed by atoms with van der Waals surface area (Å²) in [6.07, 6.45) is 0. The number of benzene rings is 3. The Labute approximate surface area is 178 Å². The monoisotopic (exact) mass is 416 g/mol. The van der Waals surface area contributed by atoms with Crippen LogP contribution in [0.4, 0.5) is 11.4 Å². The standard InChI is InChI=1S/C24H20N2O5/c1-29-19-10-12-20(13-11-19)30-15-23(27)25-17-6-8-18(9-7-17)26-24(28)22-14-16-4-2-3-5-21(16)31-22/h2-14H,15H2,1H3,(H,25,27)(H,26,28). The van der Waals surface area contributed by atoms with Crippen LogP contribution in [0.5, 0.6) is 11.5 Å². The Bertz CT molecular complexity index is 1160. The molecule has 0 unspecified atom stereocenters. The summed E-state index contributed by atoms with van der Waals surface area (Å²) in [6.45, 7) is -0.128. The molecule has 0 atom stereocenters. The molecule has 4 aromatic rings. The third-order valence-corrected chi connectivity index (χ3v) is 4.51. The molecule has 7 nitrogen and oxygen atoms in total. The van der Waals surface area contributed by atoms with Crippen LogP contribution in [0.3, 0.4) is 0 Å². The number of methoxy groups -OCH3 is 1. The lowest BCUT2D eigenvalue weighted by atomic mass is 10.2. The summed E-state index contributed by atoms with van der Waals surface area (Å²) in [5.74, 6) is 0.869. The van der Waals surface area contributed by atoms with Gasteiger partial charge >= 0.3 is 0 Å². The van der Waals surface area contributed by atoms with Gasteiger partial charge in [0.1, 0.15) is 17.1 Å². The Morgan fingerprint density at radius 2 is 1.48 bits per heavy atom. The number of carbonyl (C=O) groups is 2. The van der Waals surface area contributed by atoms with Gasteiger partial charge in [0.25, 0.3) is 11.8 Å². The Morgan fingerprint density at radius 1 is 0.839 bits per heavy atom. The predicted octanol–water partition coefficient (Wildman–Crippen LogP) is 4.71. The highest BCUT2D eigenvalue weighted by Gasteiger charge is 2.12. The lowest BCUT2D eigenvalue weighted by molar-refractivity contribution is -0.118. The van der Waals surface area contributed by atoms with Gasteiger partial charge in [-0.25, -0.2) is 0 Å². The van der Waals surface area contributed by atoms with E-state index in [2.05, 4.69) is 10.6 Å². The van der Waals surface area contributed by atoms with Crippen LogP contribution in [0.1, 0.15) is 10.6 Å². The highest BCUT2D eigenvalue weighted by atomic mass is 16.5. The van der Waals surface area contributed by atoms with Crippen LogP contribution in [-0.4, -0.2) is 25.5 Å². The normalized spacial score (nSPS) is 10.5. The van der Waals surface area contributed by atoms with Crippen LogP contribution < -0.4 is 20.1 Å². The fourth-order valence-corrected chi connectivity index (χ4v) is 2.94. The molecule has 156 valence electrons. The van der Waals surface area contributed by atoms with Crippen LogP contribution in [0.25, 0.3) is 11.0 Å². The maximum absolute atomic E-state index is 12.4. The molecule has 31 heavy (non-hydrogen) atoms. The van der Waals surface area contributed by atoms with Crippen molar-refractivity contribution in [2.75, 3.05) is 24.4 Å². The van der Waals surface area contributed by atoms with E-state index in [1.807, 2.05) is 24.3 Å². The lowest BCUT2D eigenvalue weighted by Crippen LogP contribution is -2.20. The number of furan rings is 1. The van der Waals surface area contributed by atoms with E-state index in [1.165, 1.54) is 0 Å². The minimum Gasteiger partial charge on any atom is -0.497 e. The van der Waals surface area contributed by atoms with E-state index in [0.29, 0.717) is 28.5 Å². The van der Waals surface area contributed by atoms with Gasteiger partial charge in [-0.2, -0.15) is 0 Å². The van der Waals surface area contributed by atoms with Gasteiger partial charge < -0.3 is 24.5 Å². The van der Waals surface area contributed by atoms with Gasteiger partial charge in [-0.05, 0) is 60.7 Å². The Balaban J connectivity index is 1.30. The first-order chi connectivity index (χ1) is 15.1. The smallest absolute Gasteiger partial charge is 0.291 e. The molecule has 0 aliphatic heterocycles. The summed E-state index contributed by atoms with van der Waals surface area (Å²) in [4.78, 5) is 24.5. The number of carbonyl (C=O) groups excluding carboxylic acids is 2. The summed E-state index contributed by atoms with van der Waals surface area (Å²) in [7, 11) is 1.58. The van der Waals surface area contributed by atoms with Gasteiger partial charge in [0, 0.05) is 16.8 Å². The number of amides is 2. The first-order valence-corrected chi connectivity index (χ1v) is 9.57. The number of anilines is 2. The molecule has 0 aliphatic carbocycles. The van der Waals surface area contributed by atoms with Crippen molar-refractivity contribution in [2.45, 2.75) is 0 Å². The molecule has 0 saturated heterocycles. The van der Waals surface area contributed by atoms with Crippen molar-refractivity contribution < 1.29 is 23.5 Å². The average molecular weight is 416 g/mol. The van der Waals surface area contributed by atoms with E-state index in [9.17, 15) is 9.59 Å². The molecule has 0 spiro atoms. The molecule has 4 rings (SSSR count). The molecule has 0 bridgehead atoms. The number of hydrogen-bond acceptors (Lipinski definition) is 5. The zero-order chi connectivity index (χ0) is 21.6. The average Bonchev–Trinajstić information content (AvgIpc) is 3.24. The second-order valence-corrected chi connectivity index (χ2v) is 6.69. The van der Waals surface area contributed by atoms with Gasteiger partial charge in [0.2, 0.25) is 0 Å². The molecule has 2 amide bonds. The van der Waals surface area contributed by atoms with Gasteiger partial charge in [-0.1, -0.05) is 18.2 Å². The molecule has 0 fully saturated rings. The summed E-state index contributed by atoms with van der Waals surface area (Å²) in [5.41, 5.74) is 1.82. The largest absolute Gasteiger partial charge is 0.497 e. The fraction of sp³-hybridized carbons (Fsp3) is 0.0833. The van der Waals surface area contributed by atoms with E-state index in [4.69, 9.17) is 13.9 Å². The third kappa shape index (κ3) is 5.02. The number of para-hydroxylation sites is 1. The van der Waals surface area contributed by atoms with Crippen LogP contribution in [0.15, 0.2) is 83.3 Å². The van der Waals surface area contributed by atoms with Gasteiger partial charge in [-0.3, -0.25) is 9.59 Å². The summed E-state index contributed by atoms with van der Waals surface area (Å²) in [5, 5.41) is 6.38. The maximum Gasteiger partial charge on any atom is 0.291 e. The summed E-state index contributed by atoms with van der Waals surface area (Å²) < 4.78 is 16.1. The summed E-state index contributed by atoms with van der Waals surface area (Å²) >= 11 is 0. The zero-order valence-corrected chi connectivity index (χ0v) is 16.8. The van der Waals surface area contributed by atoms with E-state index >= 15 is 0 Å². The van der Waals surface area contributed by atoms with E-state index in [0.717, 1.165) is 5.39 Å². The number of ether oxygens (including phenoxy) is 2. The number of nitrogens with one attached hydrogen (secondary N) is 2. The highest BCUT2D eigenvalue weighted by Crippen LogP contribution is 2.21. The molecule has 0 saturated carbocycles. The first kappa shape index (κ1) is 20.0. The number of rotatable bonds is 7. The quantitative estimate of drug-likeness (QED) is 0.455. The van der Waals surface area contributed by atoms with Crippen molar-refractivity contribution in [3.63, 3.8) is 0 Å². The maximum atomic E-state index is 12.4. The van der Waals surface area contributed by atoms with E-state index < -0.39 is 0 Å². The van der Waals surface area contributed by atoms with Gasteiger partial charge in [0.05, 0.1) is 7.11 Å². The Morgan fingerprint density at radius 3 is 2.16 bits per heavy atom. The van der Waals surface area contributed by atoms with Crippen molar-refractivity contribution in [3.8, 4) is 11.5 Å². The molecule has 0 aliphatic rings. The SMILES string of the molecule is COc1ccc(OCC(=O)Nc2ccc(NC(=O)c3cc4ccccc4o3)cc2)cc1. The van der Waals surface area contributed by atoms with Crippen LogP contribution >= 0.6 is 0 Å². The molecule has 2 N–H and O–H groups in total. The first-order valence-electron chi connectivity index (χ1n) is 9.57. The molecule has 0 radical (unpaired) electrons. The van der Waals surface area contributed by atoms with Crippen molar-refractivity contribution >= 4 is 34.2 Å². The minimum absolute atomic E-state index is 0.128. The topological polar surface area (TPSA) is 89.8 Å². The van der Waals surface area contributed by atoms with Crippen molar-refractivity contribution in [1.29, 1.82) is 0 Å². The molecular formula is C24H20N2O5. The third-order valence-electron chi connectivity index (χ3n) is 4.51. The Kier molecular flexibility index (Phi) is 5.84. The number of hydrogen-bond donors (Lipinski definition) is 2. The van der Waals surface area contributed by atoms with Crippen LogP contribution in [0.2, 0.25) is 0 Å². The van der Waals surface area contributed by atoms with Gasteiger partial charge in [0.15, 0.2) is 12.4 Å². The Hall–Kier alpha value is -4.26. The van der Waals surface area contributed by atoms with E-state index in [1.54, 1.807) is 61.7 Å².